The van der Waals surface area contributed by atoms with E-state index in [2.05, 4.69) is 10.6 Å². The van der Waals surface area contributed by atoms with Crippen LogP contribution in [0.1, 0.15) is 16.7 Å². The summed E-state index contributed by atoms with van der Waals surface area (Å²) in [7, 11) is 1.67. The van der Waals surface area contributed by atoms with E-state index in [1.807, 2.05) is 31.2 Å². The molecule has 2 N–H and O–H groups in total. The van der Waals surface area contributed by atoms with Gasteiger partial charge in [0.05, 0.1) is 11.4 Å². The van der Waals surface area contributed by atoms with Crippen LogP contribution < -0.4 is 21.2 Å². The van der Waals surface area contributed by atoms with Gasteiger partial charge < -0.3 is 20.0 Å². The molecule has 0 saturated heterocycles. The van der Waals surface area contributed by atoms with Gasteiger partial charge in [-0.2, -0.15) is 0 Å². The summed E-state index contributed by atoms with van der Waals surface area (Å²) < 4.78 is 5.32. The molecule has 37 heavy (non-hydrogen) atoms. The minimum absolute atomic E-state index is 0.160. The third-order valence-electron chi connectivity index (χ3n) is 6.00. The largest absolute Gasteiger partial charge is 0.423 e. The van der Waals surface area contributed by atoms with Gasteiger partial charge in [0, 0.05) is 51.4 Å². The van der Waals surface area contributed by atoms with E-state index in [1.165, 1.54) is 11.0 Å². The number of hydrogen-bond donors (Lipinski definition) is 2. The predicted molar refractivity (Wildman–Crippen MR) is 152 cm³/mol. The van der Waals surface area contributed by atoms with Crippen LogP contribution in [-0.2, 0) is 4.79 Å². The maximum absolute atomic E-state index is 13.4. The van der Waals surface area contributed by atoms with Crippen LogP contribution >= 0.6 is 35.4 Å². The minimum Gasteiger partial charge on any atom is -0.423 e. The Labute approximate surface area is 227 Å². The van der Waals surface area contributed by atoms with Crippen molar-refractivity contribution in [3.05, 3.63) is 104 Å². The molecule has 0 spiro atoms. The first-order chi connectivity index (χ1) is 17.7. The lowest BCUT2D eigenvalue weighted by Crippen LogP contribution is -2.47. The summed E-state index contributed by atoms with van der Waals surface area (Å²) in [5, 5.41) is 8.00. The average molecular weight is 551 g/mol. The summed E-state index contributed by atoms with van der Waals surface area (Å²) in [6, 6.07) is 19.3. The highest BCUT2D eigenvalue weighted by Gasteiger charge is 2.31. The molecule has 2 heterocycles. The van der Waals surface area contributed by atoms with Gasteiger partial charge >= 0.3 is 5.63 Å². The lowest BCUT2D eigenvalue weighted by Gasteiger charge is -2.22. The summed E-state index contributed by atoms with van der Waals surface area (Å²) >= 11 is 18.3. The molecule has 1 atom stereocenters. The van der Waals surface area contributed by atoms with Crippen LogP contribution in [0.2, 0.25) is 10.0 Å². The van der Waals surface area contributed by atoms with Crippen molar-refractivity contribution in [3.8, 4) is 0 Å². The van der Waals surface area contributed by atoms with Gasteiger partial charge in [0.25, 0.3) is 5.91 Å². The van der Waals surface area contributed by atoms with E-state index in [9.17, 15) is 9.59 Å². The Kier molecular flexibility index (Phi) is 6.72. The number of nitrogens with zero attached hydrogens (tertiary/aromatic N) is 2. The number of halogens is 2. The van der Waals surface area contributed by atoms with Crippen molar-refractivity contribution in [2.45, 2.75) is 13.1 Å². The number of hydrogen-bond acceptors (Lipinski definition) is 5. The van der Waals surface area contributed by atoms with Crippen LogP contribution in [0.15, 0.2) is 80.9 Å². The Balaban J connectivity index is 1.50. The van der Waals surface area contributed by atoms with Crippen molar-refractivity contribution in [2.24, 2.45) is 4.99 Å². The molecule has 3 aromatic carbocycles. The summed E-state index contributed by atoms with van der Waals surface area (Å²) in [4.78, 5) is 31.5. The molecule has 1 aliphatic rings. The van der Waals surface area contributed by atoms with E-state index in [-0.39, 0.29) is 11.0 Å². The first-order valence-corrected chi connectivity index (χ1v) is 12.4. The molecule has 0 saturated carbocycles. The fraction of sp³-hybridized carbons (Fsp3) is 0.111. The zero-order chi connectivity index (χ0) is 26.3. The Morgan fingerprint density at radius 1 is 1.03 bits per heavy atom. The van der Waals surface area contributed by atoms with Gasteiger partial charge in [-0.15, -0.1) is 0 Å². The predicted octanol–water partition coefficient (Wildman–Crippen LogP) is 5.53. The monoisotopic (exact) mass is 550 g/mol. The van der Waals surface area contributed by atoms with E-state index in [4.69, 9.17) is 44.8 Å². The second kappa shape index (κ2) is 9.97. The molecule has 10 heteroatoms. The van der Waals surface area contributed by atoms with Gasteiger partial charge in [0.2, 0.25) is 6.17 Å². The zero-order valence-corrected chi connectivity index (χ0v) is 22.0. The van der Waals surface area contributed by atoms with E-state index in [0.717, 1.165) is 10.9 Å². The molecule has 0 fully saturated rings. The first kappa shape index (κ1) is 25.0. The van der Waals surface area contributed by atoms with Crippen molar-refractivity contribution in [1.82, 2.24) is 5.32 Å². The highest BCUT2D eigenvalue weighted by atomic mass is 35.5. The van der Waals surface area contributed by atoms with Crippen LogP contribution in [0.4, 0.5) is 11.4 Å². The number of amides is 1. The van der Waals surface area contributed by atoms with Crippen molar-refractivity contribution < 1.29 is 9.21 Å². The Morgan fingerprint density at radius 3 is 2.59 bits per heavy atom. The average Bonchev–Trinajstić information content (AvgIpc) is 2.94. The van der Waals surface area contributed by atoms with Crippen LogP contribution in [0.3, 0.4) is 0 Å². The molecule has 0 bridgehead atoms. The third-order valence-corrected chi connectivity index (χ3v) is 6.79. The minimum atomic E-state index is -1.05. The lowest BCUT2D eigenvalue weighted by atomic mass is 10.00. The van der Waals surface area contributed by atoms with Crippen LogP contribution in [0.5, 0.6) is 0 Å². The van der Waals surface area contributed by atoms with Crippen LogP contribution in [0.25, 0.3) is 11.0 Å². The standard InChI is InChI=1S/C27H20Cl2N4O3S/c1-14-11-23(34)36-22-13-16(8-9-17(14)22)30-27(37)32-25-26(35)33(2)21-10-7-15(28)12-19(21)24(31-25)18-5-3-4-6-20(18)29/h3-13,25H,1-2H3,(H2,30,32,37). The molecule has 1 aromatic heterocycles. The molecule has 186 valence electrons. The van der Waals surface area contributed by atoms with Gasteiger partial charge in [-0.1, -0.05) is 41.4 Å². The number of carbonyl (C=O) groups is 1. The molecular weight excluding hydrogens is 531 g/mol. The Bertz CT molecular complexity index is 1670. The van der Waals surface area contributed by atoms with E-state index in [1.54, 1.807) is 43.4 Å². The van der Waals surface area contributed by atoms with Gasteiger partial charge in [0.1, 0.15) is 5.58 Å². The molecule has 0 aliphatic carbocycles. The number of likely N-dealkylation sites (N-methyl/N-ethyl adjacent to an activating group) is 1. The normalized spacial score (nSPS) is 15.1. The van der Waals surface area contributed by atoms with Gasteiger partial charge in [-0.25, -0.2) is 9.79 Å². The number of anilines is 2. The maximum Gasteiger partial charge on any atom is 0.336 e. The number of rotatable bonds is 3. The summed E-state index contributed by atoms with van der Waals surface area (Å²) in [5.41, 5.74) is 3.84. The van der Waals surface area contributed by atoms with Crippen LogP contribution in [0, 0.1) is 6.92 Å². The molecule has 0 radical (unpaired) electrons. The van der Waals surface area contributed by atoms with Crippen molar-refractivity contribution >= 4 is 74.5 Å². The number of thiocarbonyl (C=S) groups is 1. The summed E-state index contributed by atoms with van der Waals surface area (Å²) in [6.45, 7) is 1.84. The molecule has 1 amide bonds. The van der Waals surface area contributed by atoms with Crippen molar-refractivity contribution in [1.29, 1.82) is 0 Å². The van der Waals surface area contributed by atoms with E-state index >= 15 is 0 Å². The second-order valence-electron chi connectivity index (χ2n) is 8.48. The highest BCUT2D eigenvalue weighted by Crippen LogP contribution is 2.32. The number of nitrogens with one attached hydrogen (secondary N) is 2. The van der Waals surface area contributed by atoms with Crippen molar-refractivity contribution in [2.75, 3.05) is 17.3 Å². The van der Waals surface area contributed by atoms with E-state index in [0.29, 0.717) is 43.8 Å². The van der Waals surface area contributed by atoms with Gasteiger partial charge in [-0.05, 0) is 61.1 Å². The molecule has 1 aliphatic heterocycles. The summed E-state index contributed by atoms with van der Waals surface area (Å²) in [6.07, 6.45) is -1.05. The summed E-state index contributed by atoms with van der Waals surface area (Å²) in [5.74, 6) is -0.324. The fourth-order valence-corrected chi connectivity index (χ4v) is 4.83. The van der Waals surface area contributed by atoms with E-state index < -0.39 is 11.8 Å². The quantitative estimate of drug-likeness (QED) is 0.257. The number of aliphatic imine (C=N–C) groups is 1. The molecule has 5 rings (SSSR count). The molecular formula is C27H20Cl2N4O3S. The number of benzene rings is 3. The fourth-order valence-electron chi connectivity index (χ4n) is 4.20. The van der Waals surface area contributed by atoms with Gasteiger partial charge in [-0.3, -0.25) is 4.79 Å². The van der Waals surface area contributed by atoms with Crippen LogP contribution in [-0.4, -0.2) is 29.9 Å². The first-order valence-electron chi connectivity index (χ1n) is 11.2. The number of carbonyl (C=O) groups excluding carboxylic acids is 1. The second-order valence-corrected chi connectivity index (χ2v) is 9.73. The SMILES string of the molecule is Cc1cc(=O)oc2cc(NC(=S)NC3N=C(c4ccccc4Cl)c4cc(Cl)ccc4N(C)C3=O)ccc12. The topological polar surface area (TPSA) is 86.9 Å². The number of fused-ring (bicyclic) bond motifs is 2. The Morgan fingerprint density at radius 2 is 1.81 bits per heavy atom. The smallest absolute Gasteiger partial charge is 0.336 e. The zero-order valence-electron chi connectivity index (χ0n) is 19.7. The third kappa shape index (κ3) is 4.96. The highest BCUT2D eigenvalue weighted by molar-refractivity contribution is 7.80. The maximum atomic E-state index is 13.4. The van der Waals surface area contributed by atoms with Gasteiger partial charge in [0.15, 0.2) is 5.11 Å². The molecule has 1 unspecified atom stereocenters. The molecule has 7 nitrogen and oxygen atoms in total. The number of aryl methyl sites for hydroxylation is 1. The molecule has 4 aromatic rings. The lowest BCUT2D eigenvalue weighted by molar-refractivity contribution is -0.119. The van der Waals surface area contributed by atoms with Crippen molar-refractivity contribution in [3.63, 3.8) is 0 Å². The number of benzodiazepines with no additional fused rings is 1. The Hall–Kier alpha value is -3.72.